The van der Waals surface area contributed by atoms with Gasteiger partial charge in [0.05, 0.1) is 7.11 Å². The number of oxime groups is 1. The van der Waals surface area contributed by atoms with E-state index in [1.807, 2.05) is 0 Å². The molecule has 3 aromatic rings. The zero-order valence-corrected chi connectivity index (χ0v) is 13.5. The van der Waals surface area contributed by atoms with E-state index in [0.29, 0.717) is 22.7 Å². The van der Waals surface area contributed by atoms with E-state index in [2.05, 4.69) is 10.1 Å². The van der Waals surface area contributed by atoms with E-state index in [1.165, 1.54) is 18.4 Å². The first-order valence-electron chi connectivity index (χ1n) is 7.46. The van der Waals surface area contributed by atoms with Gasteiger partial charge in [0.1, 0.15) is 23.5 Å². The van der Waals surface area contributed by atoms with Crippen LogP contribution in [0.15, 0.2) is 64.4 Å². The summed E-state index contributed by atoms with van der Waals surface area (Å²) in [5.41, 5.74) is 7.64. The van der Waals surface area contributed by atoms with E-state index in [0.717, 1.165) is 5.75 Å². The second-order valence-electron chi connectivity index (χ2n) is 5.13. The van der Waals surface area contributed by atoms with Crippen molar-refractivity contribution in [2.75, 3.05) is 7.11 Å². The van der Waals surface area contributed by atoms with Crippen molar-refractivity contribution < 1.29 is 18.4 Å². The molecule has 0 radical (unpaired) electrons. The molecule has 0 saturated carbocycles. The Morgan fingerprint density at radius 2 is 2.04 bits per heavy atom. The Bertz CT molecular complexity index is 875. The van der Waals surface area contributed by atoms with Gasteiger partial charge in [-0.2, -0.15) is 0 Å². The maximum Gasteiger partial charge on any atom is 0.226 e. The number of halogens is 1. The number of benzene rings is 2. The fourth-order valence-electron chi connectivity index (χ4n) is 2.11. The minimum atomic E-state index is -0.356. The van der Waals surface area contributed by atoms with Crippen LogP contribution in [0.3, 0.4) is 0 Å². The molecule has 25 heavy (non-hydrogen) atoms. The van der Waals surface area contributed by atoms with E-state index in [1.54, 1.807) is 43.5 Å². The van der Waals surface area contributed by atoms with Gasteiger partial charge in [-0.25, -0.2) is 9.37 Å². The molecular weight excluding hydrogens is 325 g/mol. The van der Waals surface area contributed by atoms with Gasteiger partial charge >= 0.3 is 0 Å². The van der Waals surface area contributed by atoms with Crippen LogP contribution < -0.4 is 10.5 Å². The molecule has 0 aliphatic heterocycles. The van der Waals surface area contributed by atoms with Crippen molar-refractivity contribution in [2.45, 2.75) is 6.61 Å². The lowest BCUT2D eigenvalue weighted by atomic mass is 10.2. The summed E-state index contributed by atoms with van der Waals surface area (Å²) in [6.07, 6.45) is 1.43. The molecule has 0 fully saturated rings. The first-order valence-corrected chi connectivity index (χ1v) is 7.46. The summed E-state index contributed by atoms with van der Waals surface area (Å²) in [5.74, 6) is 0.914. The Kier molecular flexibility index (Phi) is 4.94. The van der Waals surface area contributed by atoms with E-state index in [9.17, 15) is 4.39 Å². The zero-order chi connectivity index (χ0) is 17.6. The molecule has 0 atom stereocenters. The van der Waals surface area contributed by atoms with Gasteiger partial charge in [0, 0.05) is 11.1 Å². The highest BCUT2D eigenvalue weighted by atomic mass is 19.1. The van der Waals surface area contributed by atoms with Crippen molar-refractivity contribution in [3.05, 3.63) is 71.9 Å². The van der Waals surface area contributed by atoms with Gasteiger partial charge in [0.25, 0.3) is 0 Å². The van der Waals surface area contributed by atoms with Gasteiger partial charge in [0.15, 0.2) is 12.4 Å². The third kappa shape index (κ3) is 4.14. The van der Waals surface area contributed by atoms with Gasteiger partial charge in [-0.05, 0) is 42.5 Å². The Morgan fingerprint density at radius 3 is 2.76 bits per heavy atom. The van der Waals surface area contributed by atoms with Crippen molar-refractivity contribution >= 4 is 5.84 Å². The van der Waals surface area contributed by atoms with Crippen LogP contribution in [0.2, 0.25) is 0 Å². The van der Waals surface area contributed by atoms with Crippen molar-refractivity contribution in [2.24, 2.45) is 10.9 Å². The summed E-state index contributed by atoms with van der Waals surface area (Å²) in [5, 5.41) is 3.85. The highest BCUT2D eigenvalue weighted by Gasteiger charge is 2.08. The first-order chi connectivity index (χ1) is 12.2. The van der Waals surface area contributed by atoms with Gasteiger partial charge < -0.3 is 19.7 Å². The molecule has 0 unspecified atom stereocenters. The van der Waals surface area contributed by atoms with Crippen molar-refractivity contribution in [3.63, 3.8) is 0 Å². The summed E-state index contributed by atoms with van der Waals surface area (Å²) < 4.78 is 23.6. The van der Waals surface area contributed by atoms with E-state index < -0.39 is 0 Å². The van der Waals surface area contributed by atoms with Gasteiger partial charge in [0.2, 0.25) is 5.89 Å². The molecule has 1 heterocycles. The summed E-state index contributed by atoms with van der Waals surface area (Å²) in [7, 11) is 1.59. The van der Waals surface area contributed by atoms with E-state index in [4.69, 9.17) is 19.7 Å². The summed E-state index contributed by atoms with van der Waals surface area (Å²) in [4.78, 5) is 9.43. The Morgan fingerprint density at radius 1 is 1.24 bits per heavy atom. The predicted molar refractivity (Wildman–Crippen MR) is 90.4 cm³/mol. The van der Waals surface area contributed by atoms with Crippen LogP contribution in [0.1, 0.15) is 11.3 Å². The number of aromatic nitrogens is 1. The minimum absolute atomic E-state index is 0.0790. The summed E-state index contributed by atoms with van der Waals surface area (Å²) in [6, 6.07) is 13.1. The number of nitrogens with zero attached hydrogens (tertiary/aromatic N) is 2. The number of ether oxygens (including phenoxy) is 1. The molecule has 1 aromatic heterocycles. The lowest BCUT2D eigenvalue weighted by molar-refractivity contribution is 0.127. The number of nitrogens with two attached hydrogens (primary N) is 1. The number of rotatable bonds is 6. The van der Waals surface area contributed by atoms with E-state index >= 15 is 0 Å². The molecule has 0 aliphatic rings. The molecular formula is C18H16FN3O3. The van der Waals surface area contributed by atoms with Crippen LogP contribution in [0.5, 0.6) is 5.75 Å². The molecule has 0 aliphatic carbocycles. The fraction of sp³-hybridized carbons (Fsp3) is 0.111. The number of hydrogen-bond acceptors (Lipinski definition) is 5. The molecule has 7 heteroatoms. The number of amidine groups is 1. The number of methoxy groups -OCH3 is 1. The highest BCUT2D eigenvalue weighted by Crippen LogP contribution is 2.19. The SMILES string of the molecule is COc1ccc(/C(N)=N/OCc2coc(-c3cccc(F)c3)n2)cc1. The smallest absolute Gasteiger partial charge is 0.226 e. The van der Waals surface area contributed by atoms with E-state index in [-0.39, 0.29) is 18.3 Å². The van der Waals surface area contributed by atoms with Crippen molar-refractivity contribution in [1.29, 1.82) is 0 Å². The van der Waals surface area contributed by atoms with Crippen LogP contribution in [-0.2, 0) is 11.4 Å². The van der Waals surface area contributed by atoms with Crippen LogP contribution in [0.25, 0.3) is 11.5 Å². The Labute approximate surface area is 143 Å². The maximum atomic E-state index is 13.2. The quantitative estimate of drug-likeness (QED) is 0.422. The lowest BCUT2D eigenvalue weighted by Gasteiger charge is -2.03. The van der Waals surface area contributed by atoms with Gasteiger partial charge in [-0.3, -0.25) is 0 Å². The second-order valence-corrected chi connectivity index (χ2v) is 5.13. The lowest BCUT2D eigenvalue weighted by Crippen LogP contribution is -2.13. The van der Waals surface area contributed by atoms with Crippen LogP contribution in [0, 0.1) is 5.82 Å². The topological polar surface area (TPSA) is 82.9 Å². The zero-order valence-electron chi connectivity index (χ0n) is 13.5. The highest BCUT2D eigenvalue weighted by molar-refractivity contribution is 5.97. The molecule has 128 valence electrons. The van der Waals surface area contributed by atoms with Crippen LogP contribution >= 0.6 is 0 Å². The molecule has 2 N–H and O–H groups in total. The average molecular weight is 341 g/mol. The second kappa shape index (κ2) is 7.48. The molecule has 2 aromatic carbocycles. The standard InChI is InChI=1S/C18H16FN3O3/c1-23-16-7-5-12(6-8-16)17(20)22-25-11-15-10-24-18(21-15)13-3-2-4-14(19)9-13/h2-10H,11H2,1H3,(H2,20,22). The number of oxazole rings is 1. The molecule has 0 amide bonds. The van der Waals surface area contributed by atoms with Crippen molar-refractivity contribution in [3.8, 4) is 17.2 Å². The average Bonchev–Trinajstić information content (AvgIpc) is 3.11. The normalized spacial score (nSPS) is 11.4. The fourth-order valence-corrected chi connectivity index (χ4v) is 2.11. The van der Waals surface area contributed by atoms with Crippen molar-refractivity contribution in [1.82, 2.24) is 4.98 Å². The first kappa shape index (κ1) is 16.5. The molecule has 6 nitrogen and oxygen atoms in total. The van der Waals surface area contributed by atoms with Gasteiger partial charge in [-0.15, -0.1) is 0 Å². The molecule has 3 rings (SSSR count). The monoisotopic (exact) mass is 341 g/mol. The summed E-state index contributed by atoms with van der Waals surface area (Å²) >= 11 is 0. The molecule has 0 bridgehead atoms. The molecule has 0 spiro atoms. The minimum Gasteiger partial charge on any atom is -0.497 e. The molecule has 0 saturated heterocycles. The van der Waals surface area contributed by atoms with Crippen LogP contribution in [0.4, 0.5) is 4.39 Å². The predicted octanol–water partition coefficient (Wildman–Crippen LogP) is 3.33. The largest absolute Gasteiger partial charge is 0.497 e. The Balaban J connectivity index is 1.61. The Hall–Kier alpha value is -3.35. The number of hydrogen-bond donors (Lipinski definition) is 1. The summed E-state index contributed by atoms with van der Waals surface area (Å²) in [6.45, 7) is 0.0790. The third-order valence-corrected chi connectivity index (χ3v) is 3.38. The maximum absolute atomic E-state index is 13.2. The van der Waals surface area contributed by atoms with Crippen LogP contribution in [-0.4, -0.2) is 17.9 Å². The van der Waals surface area contributed by atoms with Gasteiger partial charge in [-0.1, -0.05) is 11.2 Å². The third-order valence-electron chi connectivity index (χ3n) is 3.38.